The van der Waals surface area contributed by atoms with E-state index in [0.717, 1.165) is 43.9 Å². The Balaban J connectivity index is 2.07. The lowest BCUT2D eigenvalue weighted by Gasteiger charge is -2.38. The summed E-state index contributed by atoms with van der Waals surface area (Å²) in [5.41, 5.74) is 1.67. The van der Waals surface area contributed by atoms with Crippen LogP contribution in [0.3, 0.4) is 0 Å². The number of hydrogen-bond acceptors (Lipinski definition) is 4. The predicted octanol–water partition coefficient (Wildman–Crippen LogP) is 3.10. The molecular weight excluding hydrogens is 284 g/mol. The van der Waals surface area contributed by atoms with Crippen molar-refractivity contribution in [1.82, 2.24) is 4.98 Å². The number of aromatic amines is 1. The summed E-state index contributed by atoms with van der Waals surface area (Å²) in [6.45, 7) is 11.9. The van der Waals surface area contributed by atoms with E-state index in [9.17, 15) is 5.26 Å². The molecule has 1 N–H and O–H groups in total. The van der Waals surface area contributed by atoms with Crippen LogP contribution in [0.1, 0.15) is 30.9 Å². The fourth-order valence-corrected chi connectivity index (χ4v) is 3.45. The predicted molar refractivity (Wildman–Crippen MR) is 82.1 cm³/mol. The van der Waals surface area contributed by atoms with Gasteiger partial charge in [0, 0.05) is 19.5 Å². The van der Waals surface area contributed by atoms with Crippen molar-refractivity contribution in [2.75, 3.05) is 24.6 Å². The normalized spacial score (nSPS) is 23.7. The maximum absolute atomic E-state index is 9.26. The van der Waals surface area contributed by atoms with Gasteiger partial charge < -0.3 is 14.6 Å². The second-order valence-corrected chi connectivity index (χ2v) is 5.94. The lowest BCUT2D eigenvalue weighted by molar-refractivity contribution is -0.130. The Kier molecular flexibility index (Phi) is 3.44. The van der Waals surface area contributed by atoms with Crippen LogP contribution in [0, 0.1) is 22.5 Å². The molecule has 3 rings (SSSR count). The summed E-state index contributed by atoms with van der Waals surface area (Å²) >= 11 is 5.30. The van der Waals surface area contributed by atoms with Crippen LogP contribution < -0.4 is 4.90 Å². The summed E-state index contributed by atoms with van der Waals surface area (Å²) in [5.74, 6) is 0.748. The number of nitriles is 1. The maximum atomic E-state index is 9.26. The minimum Gasteiger partial charge on any atom is -0.373 e. The van der Waals surface area contributed by atoms with E-state index in [2.05, 4.69) is 20.8 Å². The zero-order valence-electron chi connectivity index (χ0n) is 11.9. The topological polar surface area (TPSA) is 56.4 Å². The van der Waals surface area contributed by atoms with E-state index in [1.165, 1.54) is 0 Å². The fourth-order valence-electron chi connectivity index (χ4n) is 3.19. The van der Waals surface area contributed by atoms with Crippen LogP contribution in [0.4, 0.5) is 11.5 Å². The summed E-state index contributed by atoms with van der Waals surface area (Å²) < 4.78 is 6.15. The number of pyridine rings is 1. The Hall–Kier alpha value is -1.89. The van der Waals surface area contributed by atoms with Crippen molar-refractivity contribution in [3.8, 4) is 6.07 Å². The molecule has 0 bridgehead atoms. The van der Waals surface area contributed by atoms with Gasteiger partial charge >= 0.3 is 0 Å². The third-order valence-electron chi connectivity index (χ3n) is 4.45. The smallest absolute Gasteiger partial charge is 0.230 e. The van der Waals surface area contributed by atoms with Gasteiger partial charge in [0.05, 0.1) is 24.3 Å². The molecule has 1 spiro atoms. The number of H-pyrrole nitrogens is 1. The zero-order chi connectivity index (χ0) is 15.0. The zero-order valence-corrected chi connectivity index (χ0v) is 12.7. The molecule has 2 aliphatic heterocycles. The molecule has 2 fully saturated rings. The van der Waals surface area contributed by atoms with E-state index in [1.54, 1.807) is 0 Å². The first kappa shape index (κ1) is 14.1. The number of nitrogens with one attached hydrogen (secondary N) is 1. The standard InChI is InChI=1S/C15H16N4OS/c1-3-10-11(8-16)14(21)18-13(12(10)17-2)19-6-4-15(9-19)5-7-20-15/h3-7,9H2,1H3,(H,18,21). The maximum Gasteiger partial charge on any atom is 0.230 e. The second-order valence-electron chi connectivity index (χ2n) is 5.54. The van der Waals surface area contributed by atoms with Gasteiger partial charge in [-0.15, -0.1) is 0 Å². The van der Waals surface area contributed by atoms with Crippen LogP contribution in [0.25, 0.3) is 4.85 Å². The van der Waals surface area contributed by atoms with Gasteiger partial charge in [-0.2, -0.15) is 5.26 Å². The van der Waals surface area contributed by atoms with E-state index in [0.29, 0.717) is 22.3 Å². The number of anilines is 1. The molecule has 0 amide bonds. The van der Waals surface area contributed by atoms with Crippen molar-refractivity contribution in [3.63, 3.8) is 0 Å². The third-order valence-corrected chi connectivity index (χ3v) is 4.75. The molecule has 0 aromatic carbocycles. The minimum absolute atomic E-state index is 0.0327. The molecule has 3 heterocycles. The number of hydrogen-bond donors (Lipinski definition) is 1. The van der Waals surface area contributed by atoms with Crippen LogP contribution >= 0.6 is 12.2 Å². The molecule has 1 aromatic heterocycles. The van der Waals surface area contributed by atoms with Gasteiger partial charge in [-0.1, -0.05) is 19.1 Å². The van der Waals surface area contributed by atoms with Crippen molar-refractivity contribution in [3.05, 3.63) is 27.2 Å². The Morgan fingerprint density at radius 2 is 2.33 bits per heavy atom. The summed E-state index contributed by atoms with van der Waals surface area (Å²) in [7, 11) is 0. The van der Waals surface area contributed by atoms with E-state index >= 15 is 0 Å². The van der Waals surface area contributed by atoms with Crippen molar-refractivity contribution in [2.24, 2.45) is 0 Å². The SMILES string of the molecule is [C-]#[N+]c1c(N2CCC3(CCO3)C2)[nH]c(=S)c(C#N)c1CC. The summed E-state index contributed by atoms with van der Waals surface area (Å²) in [6.07, 6.45) is 2.68. The van der Waals surface area contributed by atoms with Gasteiger partial charge in [0.25, 0.3) is 0 Å². The van der Waals surface area contributed by atoms with Crippen LogP contribution in [0.2, 0.25) is 0 Å². The highest BCUT2D eigenvalue weighted by atomic mass is 32.1. The van der Waals surface area contributed by atoms with Crippen molar-refractivity contribution in [1.29, 1.82) is 5.26 Å². The molecule has 108 valence electrons. The molecule has 5 nitrogen and oxygen atoms in total. The van der Waals surface area contributed by atoms with Gasteiger partial charge in [0.1, 0.15) is 16.5 Å². The summed E-state index contributed by atoms with van der Waals surface area (Å²) in [4.78, 5) is 8.91. The largest absolute Gasteiger partial charge is 0.373 e. The van der Waals surface area contributed by atoms with E-state index < -0.39 is 0 Å². The molecule has 2 aliphatic rings. The first-order valence-electron chi connectivity index (χ1n) is 7.10. The first-order valence-corrected chi connectivity index (χ1v) is 7.50. The first-order chi connectivity index (χ1) is 10.1. The molecule has 6 heteroatoms. The highest BCUT2D eigenvalue weighted by molar-refractivity contribution is 7.71. The Morgan fingerprint density at radius 1 is 1.57 bits per heavy atom. The monoisotopic (exact) mass is 300 g/mol. The Bertz CT molecular complexity index is 721. The fraction of sp³-hybridized carbons (Fsp3) is 0.533. The molecule has 2 saturated heterocycles. The molecule has 21 heavy (non-hydrogen) atoms. The average molecular weight is 300 g/mol. The lowest BCUT2D eigenvalue weighted by atomic mass is 9.94. The number of aromatic nitrogens is 1. The lowest BCUT2D eigenvalue weighted by Crippen LogP contribution is -2.46. The van der Waals surface area contributed by atoms with Crippen LogP contribution in [-0.2, 0) is 11.2 Å². The molecule has 1 unspecified atom stereocenters. The van der Waals surface area contributed by atoms with E-state index in [4.69, 9.17) is 23.5 Å². The molecular formula is C15H16N4OS. The van der Waals surface area contributed by atoms with Gasteiger partial charge in [-0.3, -0.25) is 0 Å². The Morgan fingerprint density at radius 3 is 2.81 bits per heavy atom. The number of ether oxygens (including phenoxy) is 1. The molecule has 0 radical (unpaired) electrons. The summed E-state index contributed by atoms with van der Waals surface area (Å²) in [6, 6.07) is 2.12. The second kappa shape index (κ2) is 5.14. The third kappa shape index (κ3) is 2.12. The average Bonchev–Trinajstić information content (AvgIpc) is 2.91. The van der Waals surface area contributed by atoms with Crippen molar-refractivity contribution in [2.45, 2.75) is 31.8 Å². The van der Waals surface area contributed by atoms with Crippen LogP contribution in [-0.4, -0.2) is 30.3 Å². The van der Waals surface area contributed by atoms with Crippen LogP contribution in [0.5, 0.6) is 0 Å². The van der Waals surface area contributed by atoms with Gasteiger partial charge in [-0.05, 0) is 18.4 Å². The van der Waals surface area contributed by atoms with Gasteiger partial charge in [0.2, 0.25) is 5.69 Å². The molecule has 1 atom stereocenters. The molecule has 0 saturated carbocycles. The van der Waals surface area contributed by atoms with Crippen molar-refractivity contribution >= 4 is 23.7 Å². The quantitative estimate of drug-likeness (QED) is 0.673. The Labute approximate surface area is 129 Å². The van der Waals surface area contributed by atoms with E-state index in [-0.39, 0.29) is 5.60 Å². The number of rotatable bonds is 2. The summed E-state index contributed by atoms with van der Waals surface area (Å²) in [5, 5.41) is 9.26. The van der Waals surface area contributed by atoms with Gasteiger partial charge in [0.15, 0.2) is 0 Å². The highest BCUT2D eigenvalue weighted by Gasteiger charge is 2.45. The number of nitrogens with zero attached hydrogens (tertiary/aromatic N) is 3. The van der Waals surface area contributed by atoms with E-state index in [1.807, 2.05) is 6.92 Å². The molecule has 1 aromatic rings. The highest BCUT2D eigenvalue weighted by Crippen LogP contribution is 2.41. The molecule has 0 aliphatic carbocycles. The van der Waals surface area contributed by atoms with Gasteiger partial charge in [-0.25, -0.2) is 4.85 Å². The minimum atomic E-state index is -0.0327. The van der Waals surface area contributed by atoms with Crippen LogP contribution in [0.15, 0.2) is 0 Å². The van der Waals surface area contributed by atoms with Crippen molar-refractivity contribution < 1.29 is 4.74 Å².